The van der Waals surface area contributed by atoms with Crippen LogP contribution in [0, 0.1) is 6.92 Å². The van der Waals surface area contributed by atoms with E-state index in [9.17, 15) is 9.59 Å². The molecule has 166 valence electrons. The number of piperidine rings is 1. The summed E-state index contributed by atoms with van der Waals surface area (Å²) in [6.45, 7) is 9.63. The van der Waals surface area contributed by atoms with Crippen molar-refractivity contribution in [2.24, 2.45) is 0 Å². The van der Waals surface area contributed by atoms with Gasteiger partial charge in [-0.25, -0.2) is 0 Å². The molecule has 6 heteroatoms. The highest BCUT2D eigenvalue weighted by Crippen LogP contribution is 2.32. The summed E-state index contributed by atoms with van der Waals surface area (Å²) >= 11 is 5.99. The van der Waals surface area contributed by atoms with Crippen molar-refractivity contribution in [1.82, 2.24) is 10.2 Å². The molecule has 2 amide bonds. The Bertz CT molecular complexity index is 944. The molecule has 2 aromatic rings. The fourth-order valence-corrected chi connectivity index (χ4v) is 3.99. The van der Waals surface area contributed by atoms with E-state index in [1.807, 2.05) is 17.0 Å². The van der Waals surface area contributed by atoms with E-state index in [0.717, 1.165) is 24.2 Å². The Labute approximate surface area is 189 Å². The average molecular weight is 443 g/mol. The summed E-state index contributed by atoms with van der Waals surface area (Å²) in [5, 5.41) is 3.60. The normalized spacial score (nSPS) is 14.9. The summed E-state index contributed by atoms with van der Waals surface area (Å²) < 4.78 is 5.86. The van der Waals surface area contributed by atoms with E-state index in [2.05, 4.69) is 39.1 Å². The second-order valence-corrected chi connectivity index (χ2v) is 9.62. The molecule has 0 spiro atoms. The van der Waals surface area contributed by atoms with Gasteiger partial charge in [0.05, 0.1) is 0 Å². The Kier molecular flexibility index (Phi) is 7.26. The van der Waals surface area contributed by atoms with Crippen LogP contribution < -0.4 is 10.1 Å². The van der Waals surface area contributed by atoms with Gasteiger partial charge in [0, 0.05) is 29.7 Å². The van der Waals surface area contributed by atoms with Gasteiger partial charge in [-0.05, 0) is 55.0 Å². The summed E-state index contributed by atoms with van der Waals surface area (Å²) in [5.74, 6) is 0.583. The van der Waals surface area contributed by atoms with Crippen LogP contribution in [0.25, 0.3) is 0 Å². The second kappa shape index (κ2) is 9.73. The lowest BCUT2D eigenvalue weighted by molar-refractivity contribution is -0.124. The Hall–Kier alpha value is -2.53. The van der Waals surface area contributed by atoms with Crippen molar-refractivity contribution in [2.75, 3.05) is 19.7 Å². The summed E-state index contributed by atoms with van der Waals surface area (Å²) in [4.78, 5) is 26.9. The molecule has 0 unspecified atom stereocenters. The second-order valence-electron chi connectivity index (χ2n) is 9.18. The molecular formula is C25H31ClN2O3. The van der Waals surface area contributed by atoms with Gasteiger partial charge in [0.1, 0.15) is 5.75 Å². The SMILES string of the molecule is Cc1ccc(OCC(=O)NC2CCN(C(=O)c3cccc(Cl)c3)CC2)c(C(C)(C)C)c1. The first kappa shape index (κ1) is 23.1. The number of rotatable bonds is 5. The number of nitrogens with one attached hydrogen (secondary N) is 1. The zero-order chi connectivity index (χ0) is 22.6. The third-order valence-corrected chi connectivity index (χ3v) is 5.76. The van der Waals surface area contributed by atoms with Gasteiger partial charge >= 0.3 is 0 Å². The number of ether oxygens (including phenoxy) is 1. The number of halogens is 1. The average Bonchev–Trinajstić information content (AvgIpc) is 2.72. The molecule has 1 N–H and O–H groups in total. The molecular weight excluding hydrogens is 412 g/mol. The van der Waals surface area contributed by atoms with Gasteiger partial charge in [-0.15, -0.1) is 0 Å². The lowest BCUT2D eigenvalue weighted by atomic mass is 9.85. The van der Waals surface area contributed by atoms with Crippen LogP contribution in [-0.4, -0.2) is 42.5 Å². The Balaban J connectivity index is 1.49. The summed E-state index contributed by atoms with van der Waals surface area (Å²) in [6.07, 6.45) is 1.44. The molecule has 0 atom stereocenters. The van der Waals surface area contributed by atoms with E-state index in [0.29, 0.717) is 23.7 Å². The number of benzene rings is 2. The van der Waals surface area contributed by atoms with Crippen LogP contribution in [0.4, 0.5) is 0 Å². The first-order chi connectivity index (χ1) is 14.6. The van der Waals surface area contributed by atoms with Crippen LogP contribution in [0.2, 0.25) is 5.02 Å². The standard InChI is InChI=1S/C25H31ClN2O3/c1-17-8-9-22(21(14-17)25(2,3)4)31-16-23(29)27-20-10-12-28(13-11-20)24(30)18-6-5-7-19(26)15-18/h5-9,14-15,20H,10-13,16H2,1-4H3,(H,27,29). The topological polar surface area (TPSA) is 58.6 Å². The zero-order valence-electron chi connectivity index (χ0n) is 18.7. The van der Waals surface area contributed by atoms with Crippen molar-refractivity contribution in [3.8, 4) is 5.75 Å². The fourth-order valence-electron chi connectivity index (χ4n) is 3.80. The van der Waals surface area contributed by atoms with Crippen molar-refractivity contribution in [1.29, 1.82) is 0 Å². The highest BCUT2D eigenvalue weighted by atomic mass is 35.5. The van der Waals surface area contributed by atoms with Crippen LogP contribution in [0.3, 0.4) is 0 Å². The van der Waals surface area contributed by atoms with Crippen LogP contribution in [-0.2, 0) is 10.2 Å². The minimum atomic E-state index is -0.139. The third kappa shape index (κ3) is 6.23. The number of amides is 2. The van der Waals surface area contributed by atoms with E-state index in [4.69, 9.17) is 16.3 Å². The van der Waals surface area contributed by atoms with Crippen molar-refractivity contribution < 1.29 is 14.3 Å². The molecule has 1 saturated heterocycles. The Morgan fingerprint density at radius 2 is 1.84 bits per heavy atom. The lowest BCUT2D eigenvalue weighted by Crippen LogP contribution is -2.47. The molecule has 0 bridgehead atoms. The van der Waals surface area contributed by atoms with E-state index < -0.39 is 0 Å². The number of hydrogen-bond acceptors (Lipinski definition) is 3. The lowest BCUT2D eigenvalue weighted by Gasteiger charge is -2.32. The number of nitrogens with zero attached hydrogens (tertiary/aromatic N) is 1. The summed E-state index contributed by atoms with van der Waals surface area (Å²) in [7, 11) is 0. The highest BCUT2D eigenvalue weighted by Gasteiger charge is 2.25. The zero-order valence-corrected chi connectivity index (χ0v) is 19.5. The van der Waals surface area contributed by atoms with Crippen molar-refractivity contribution in [3.63, 3.8) is 0 Å². The first-order valence-electron chi connectivity index (χ1n) is 10.7. The number of aryl methyl sites for hydroxylation is 1. The molecule has 1 aliphatic rings. The van der Waals surface area contributed by atoms with Crippen LogP contribution in [0.1, 0.15) is 55.1 Å². The summed E-state index contributed by atoms with van der Waals surface area (Å²) in [6, 6.07) is 13.1. The van der Waals surface area contributed by atoms with E-state index >= 15 is 0 Å². The molecule has 3 rings (SSSR count). The number of carbonyl (C=O) groups is 2. The van der Waals surface area contributed by atoms with E-state index in [-0.39, 0.29) is 29.9 Å². The number of carbonyl (C=O) groups excluding carboxylic acids is 2. The van der Waals surface area contributed by atoms with E-state index in [1.54, 1.807) is 24.3 Å². The van der Waals surface area contributed by atoms with Gasteiger partial charge in [-0.2, -0.15) is 0 Å². The van der Waals surface area contributed by atoms with Crippen molar-refractivity contribution in [3.05, 3.63) is 64.2 Å². The number of hydrogen-bond donors (Lipinski definition) is 1. The maximum Gasteiger partial charge on any atom is 0.258 e. The smallest absolute Gasteiger partial charge is 0.258 e. The molecule has 0 aromatic heterocycles. The van der Waals surface area contributed by atoms with E-state index in [1.165, 1.54) is 5.56 Å². The summed E-state index contributed by atoms with van der Waals surface area (Å²) in [5.41, 5.74) is 2.78. The quantitative estimate of drug-likeness (QED) is 0.727. The third-order valence-electron chi connectivity index (χ3n) is 5.52. The fraction of sp³-hybridized carbons (Fsp3) is 0.440. The van der Waals surface area contributed by atoms with Gasteiger partial charge in [0.25, 0.3) is 11.8 Å². The molecule has 0 saturated carbocycles. The van der Waals surface area contributed by atoms with Gasteiger partial charge in [0.15, 0.2) is 6.61 Å². The molecule has 31 heavy (non-hydrogen) atoms. The molecule has 1 aliphatic heterocycles. The first-order valence-corrected chi connectivity index (χ1v) is 11.1. The Morgan fingerprint density at radius 1 is 1.13 bits per heavy atom. The molecule has 1 fully saturated rings. The predicted octanol–water partition coefficient (Wildman–Crippen LogP) is 4.75. The highest BCUT2D eigenvalue weighted by molar-refractivity contribution is 6.30. The molecule has 0 aliphatic carbocycles. The molecule has 5 nitrogen and oxygen atoms in total. The van der Waals surface area contributed by atoms with Gasteiger partial charge < -0.3 is 15.0 Å². The van der Waals surface area contributed by atoms with Crippen LogP contribution in [0.5, 0.6) is 5.75 Å². The minimum Gasteiger partial charge on any atom is -0.483 e. The molecule has 1 heterocycles. The maximum atomic E-state index is 12.6. The minimum absolute atomic E-state index is 0.0200. The van der Waals surface area contributed by atoms with Crippen molar-refractivity contribution >= 4 is 23.4 Å². The molecule has 0 radical (unpaired) electrons. The van der Waals surface area contributed by atoms with Gasteiger partial charge in [-0.3, -0.25) is 9.59 Å². The monoisotopic (exact) mass is 442 g/mol. The van der Waals surface area contributed by atoms with Crippen LogP contribution in [0.15, 0.2) is 42.5 Å². The molecule has 2 aromatic carbocycles. The van der Waals surface area contributed by atoms with Gasteiger partial charge in [-0.1, -0.05) is 56.1 Å². The predicted molar refractivity (Wildman–Crippen MR) is 124 cm³/mol. The van der Waals surface area contributed by atoms with Gasteiger partial charge in [0.2, 0.25) is 0 Å². The largest absolute Gasteiger partial charge is 0.483 e. The van der Waals surface area contributed by atoms with Crippen molar-refractivity contribution in [2.45, 2.75) is 52.0 Å². The van der Waals surface area contributed by atoms with Crippen LogP contribution >= 0.6 is 11.6 Å². The number of likely N-dealkylation sites (tertiary alicyclic amines) is 1. The maximum absolute atomic E-state index is 12.6. The Morgan fingerprint density at radius 3 is 2.48 bits per heavy atom.